The highest BCUT2D eigenvalue weighted by molar-refractivity contribution is 6.15. The van der Waals surface area contributed by atoms with Crippen LogP contribution < -0.4 is 0 Å². The van der Waals surface area contributed by atoms with E-state index < -0.39 is 0 Å². The van der Waals surface area contributed by atoms with Crippen LogP contribution >= 0.6 is 0 Å². The van der Waals surface area contributed by atoms with Gasteiger partial charge in [-0.2, -0.15) is 0 Å². The summed E-state index contributed by atoms with van der Waals surface area (Å²) in [5.74, 6) is 0. The van der Waals surface area contributed by atoms with Gasteiger partial charge in [-0.25, -0.2) is 4.98 Å². The molecule has 3 heterocycles. The van der Waals surface area contributed by atoms with Crippen LogP contribution in [0.2, 0.25) is 0 Å². The molecule has 1 saturated carbocycles. The van der Waals surface area contributed by atoms with Gasteiger partial charge in [0.05, 0.1) is 22.1 Å². The first-order valence-electron chi connectivity index (χ1n) is 12.1. The van der Waals surface area contributed by atoms with E-state index in [1.165, 1.54) is 70.5 Å². The molecule has 2 aliphatic rings. The number of aromatic nitrogens is 3. The molecule has 3 nitrogen and oxygen atoms in total. The molecule has 32 heavy (non-hydrogen) atoms. The number of pyridine rings is 1. The Morgan fingerprint density at radius 1 is 0.781 bits per heavy atom. The molecule has 0 bridgehead atoms. The minimum absolute atomic E-state index is 0.574. The molecule has 0 amide bonds. The molecule has 0 aliphatic heterocycles. The van der Waals surface area contributed by atoms with Crippen molar-refractivity contribution in [2.45, 2.75) is 51.0 Å². The summed E-state index contributed by atoms with van der Waals surface area (Å²) in [5.41, 5.74) is 7.47. The van der Waals surface area contributed by atoms with Crippen LogP contribution in [0.1, 0.15) is 51.0 Å². The lowest BCUT2D eigenvalue weighted by molar-refractivity contribution is 0.367. The molecular weight excluding hydrogens is 390 g/mol. The van der Waals surface area contributed by atoms with Gasteiger partial charge < -0.3 is 4.57 Å². The number of hydrogen-bond acceptors (Lipinski definition) is 1. The summed E-state index contributed by atoms with van der Waals surface area (Å²) in [6, 6.07) is 20.7. The van der Waals surface area contributed by atoms with Crippen LogP contribution in [0, 0.1) is 0 Å². The van der Waals surface area contributed by atoms with Crippen LogP contribution in [0.3, 0.4) is 0 Å². The van der Waals surface area contributed by atoms with Crippen LogP contribution in [-0.2, 0) is 0 Å². The maximum absolute atomic E-state index is 5.41. The third-order valence-corrected chi connectivity index (χ3v) is 7.53. The Hall–Kier alpha value is -3.33. The van der Waals surface area contributed by atoms with E-state index in [0.29, 0.717) is 6.04 Å². The molecule has 1 fully saturated rings. The fourth-order valence-electron chi connectivity index (χ4n) is 6.07. The van der Waals surface area contributed by atoms with E-state index in [1.807, 2.05) is 0 Å². The second-order valence-electron chi connectivity index (χ2n) is 9.38. The maximum atomic E-state index is 5.41. The van der Waals surface area contributed by atoms with E-state index in [0.717, 1.165) is 24.0 Å². The van der Waals surface area contributed by atoms with E-state index in [4.69, 9.17) is 4.98 Å². The summed E-state index contributed by atoms with van der Waals surface area (Å²) in [6.45, 7) is 0. The highest BCUT2D eigenvalue weighted by Gasteiger charge is 2.23. The fourth-order valence-corrected chi connectivity index (χ4v) is 6.07. The van der Waals surface area contributed by atoms with E-state index >= 15 is 0 Å². The van der Waals surface area contributed by atoms with Gasteiger partial charge in [-0.1, -0.05) is 67.8 Å². The number of hydrogen-bond donors (Lipinski definition) is 0. The zero-order chi connectivity index (χ0) is 21.1. The first-order valence-corrected chi connectivity index (χ1v) is 12.1. The van der Waals surface area contributed by atoms with Crippen LogP contribution in [0.4, 0.5) is 0 Å². The molecule has 0 unspecified atom stereocenters. The zero-order valence-electron chi connectivity index (χ0n) is 18.3. The summed E-state index contributed by atoms with van der Waals surface area (Å²) in [6.07, 6.45) is 15.4. The van der Waals surface area contributed by atoms with E-state index in [9.17, 15) is 0 Å². The normalized spacial score (nSPS) is 17.7. The van der Waals surface area contributed by atoms with Gasteiger partial charge in [-0.15, -0.1) is 0 Å². The standard InChI is InChI=1S/C29H27N3/c1-3-11-20(12-4-1)31-26-18-10-8-16-23(26)28-27(31)19-24-22-15-7-9-17-25(22)32(29(24)30-28)21-13-5-2-6-14-21/h2,5,7-10,13,15-20H,1,3-4,6,11-12,14H2. The highest BCUT2D eigenvalue weighted by atomic mass is 15.1. The Kier molecular flexibility index (Phi) is 4.05. The molecule has 2 aliphatic carbocycles. The quantitative estimate of drug-likeness (QED) is 0.285. The topological polar surface area (TPSA) is 22.8 Å². The number of rotatable bonds is 2. The molecule has 0 atom stereocenters. The van der Waals surface area contributed by atoms with Crippen molar-refractivity contribution < 1.29 is 0 Å². The van der Waals surface area contributed by atoms with E-state index in [2.05, 4.69) is 82.0 Å². The number of allylic oxidation sites excluding steroid dienone is 4. The first kappa shape index (κ1) is 18.3. The minimum Gasteiger partial charge on any atom is -0.336 e. The molecule has 2 aromatic carbocycles. The third-order valence-electron chi connectivity index (χ3n) is 7.53. The smallest absolute Gasteiger partial charge is 0.146 e. The number of para-hydroxylation sites is 2. The summed E-state index contributed by atoms with van der Waals surface area (Å²) in [5, 5.41) is 3.85. The Morgan fingerprint density at radius 3 is 2.38 bits per heavy atom. The molecule has 3 heteroatoms. The largest absolute Gasteiger partial charge is 0.336 e. The minimum atomic E-state index is 0.574. The highest BCUT2D eigenvalue weighted by Crippen LogP contribution is 2.40. The summed E-state index contributed by atoms with van der Waals surface area (Å²) in [4.78, 5) is 5.41. The average Bonchev–Trinajstić information content (AvgIpc) is 3.36. The van der Waals surface area contributed by atoms with Gasteiger partial charge in [0.25, 0.3) is 0 Å². The Labute approximate surface area is 187 Å². The number of nitrogens with zero attached hydrogens (tertiary/aromatic N) is 3. The van der Waals surface area contributed by atoms with E-state index in [1.54, 1.807) is 0 Å². The van der Waals surface area contributed by atoms with Crippen molar-refractivity contribution in [1.29, 1.82) is 0 Å². The fraction of sp³-hybridized carbons (Fsp3) is 0.276. The Balaban J connectivity index is 1.62. The lowest BCUT2D eigenvalue weighted by atomic mass is 9.95. The van der Waals surface area contributed by atoms with Gasteiger partial charge >= 0.3 is 0 Å². The van der Waals surface area contributed by atoms with Crippen molar-refractivity contribution in [2.75, 3.05) is 0 Å². The third kappa shape index (κ3) is 2.57. The van der Waals surface area contributed by atoms with E-state index in [-0.39, 0.29) is 0 Å². The van der Waals surface area contributed by atoms with Crippen LogP contribution in [0.5, 0.6) is 0 Å². The number of benzene rings is 2. The van der Waals surface area contributed by atoms with Crippen molar-refractivity contribution in [3.8, 4) is 0 Å². The molecule has 5 aromatic rings. The molecule has 0 saturated heterocycles. The lowest BCUT2D eigenvalue weighted by Gasteiger charge is -2.25. The maximum Gasteiger partial charge on any atom is 0.146 e. The van der Waals surface area contributed by atoms with Crippen molar-refractivity contribution in [1.82, 2.24) is 14.1 Å². The average molecular weight is 418 g/mol. The summed E-state index contributed by atoms with van der Waals surface area (Å²) >= 11 is 0. The second kappa shape index (κ2) is 7.09. The molecular formula is C29H27N3. The predicted molar refractivity (Wildman–Crippen MR) is 135 cm³/mol. The van der Waals surface area contributed by atoms with Gasteiger partial charge in [0.2, 0.25) is 0 Å². The SMILES string of the molecule is C1=CCCC(n2c3ccccc3c3cc4c(nc32)c2ccccc2n4C2CCCCC2)=C1. The molecule has 3 aromatic heterocycles. The summed E-state index contributed by atoms with van der Waals surface area (Å²) in [7, 11) is 0. The van der Waals surface area contributed by atoms with Crippen LogP contribution in [-0.4, -0.2) is 14.1 Å². The lowest BCUT2D eigenvalue weighted by Crippen LogP contribution is -2.12. The molecule has 0 N–H and O–H groups in total. The van der Waals surface area contributed by atoms with Gasteiger partial charge in [0.1, 0.15) is 5.65 Å². The van der Waals surface area contributed by atoms with Gasteiger partial charge in [-0.3, -0.25) is 4.57 Å². The van der Waals surface area contributed by atoms with Crippen LogP contribution in [0.15, 0.2) is 72.8 Å². The van der Waals surface area contributed by atoms with Crippen molar-refractivity contribution in [2.24, 2.45) is 0 Å². The van der Waals surface area contributed by atoms with Gasteiger partial charge in [0, 0.05) is 27.9 Å². The Bertz CT molecular complexity index is 1550. The molecule has 7 rings (SSSR count). The monoisotopic (exact) mass is 417 g/mol. The predicted octanol–water partition coefficient (Wildman–Crippen LogP) is 7.99. The second-order valence-corrected chi connectivity index (χ2v) is 9.38. The van der Waals surface area contributed by atoms with Crippen molar-refractivity contribution in [3.05, 3.63) is 72.8 Å². The van der Waals surface area contributed by atoms with Crippen molar-refractivity contribution >= 4 is 49.6 Å². The van der Waals surface area contributed by atoms with Crippen LogP contribution in [0.25, 0.3) is 49.6 Å². The summed E-state index contributed by atoms with van der Waals surface area (Å²) < 4.78 is 5.02. The first-order chi connectivity index (χ1) is 15.9. The van der Waals surface area contributed by atoms with Crippen molar-refractivity contribution in [3.63, 3.8) is 0 Å². The molecule has 158 valence electrons. The molecule has 0 spiro atoms. The van der Waals surface area contributed by atoms with Gasteiger partial charge in [0.15, 0.2) is 0 Å². The van der Waals surface area contributed by atoms with Gasteiger partial charge in [-0.05, 0) is 50.0 Å². The Morgan fingerprint density at radius 2 is 1.56 bits per heavy atom. The molecule has 0 radical (unpaired) electrons. The zero-order valence-corrected chi connectivity index (χ0v) is 18.3. The number of fused-ring (bicyclic) bond motifs is 6.